The molecule has 0 aliphatic heterocycles. The summed E-state index contributed by atoms with van der Waals surface area (Å²) in [4.78, 5) is 12.9. The number of sulfonamides is 1. The number of hydrogen-bond acceptors (Lipinski definition) is 3. The van der Waals surface area contributed by atoms with E-state index in [0.29, 0.717) is 12.0 Å². The fourth-order valence-corrected chi connectivity index (χ4v) is 4.59. The van der Waals surface area contributed by atoms with Crippen LogP contribution in [0.15, 0.2) is 59.5 Å². The molecule has 0 heterocycles. The molecule has 5 nitrogen and oxygen atoms in total. The number of rotatable bonds is 7. The Balaban J connectivity index is 1.75. The van der Waals surface area contributed by atoms with Crippen molar-refractivity contribution in [2.75, 3.05) is 0 Å². The number of amides is 1. The standard InChI is InChI=1S/C21H26N2O3S/c1-3-16(2)23-27(25,26)19-12-10-17(11-13-19)20(24)22-21(14-7-15-21)18-8-5-4-6-9-18/h4-6,8-13,16,23H,3,7,14-15H2,1-2H3,(H,22,24). The van der Waals surface area contributed by atoms with Crippen LogP contribution in [0, 0.1) is 0 Å². The molecule has 1 saturated carbocycles. The van der Waals surface area contributed by atoms with Gasteiger partial charge in [0.2, 0.25) is 10.0 Å². The van der Waals surface area contributed by atoms with Crippen molar-refractivity contribution in [1.29, 1.82) is 0 Å². The minimum absolute atomic E-state index is 0.137. The Hall–Kier alpha value is -2.18. The number of carbonyl (C=O) groups excluding carboxylic acids is 1. The monoisotopic (exact) mass is 386 g/mol. The van der Waals surface area contributed by atoms with Crippen molar-refractivity contribution in [3.63, 3.8) is 0 Å². The molecule has 2 aromatic carbocycles. The van der Waals surface area contributed by atoms with Crippen LogP contribution in [0.2, 0.25) is 0 Å². The largest absolute Gasteiger partial charge is 0.343 e. The lowest BCUT2D eigenvalue weighted by atomic mass is 9.71. The maximum atomic E-state index is 12.7. The number of nitrogens with one attached hydrogen (secondary N) is 2. The van der Waals surface area contributed by atoms with Crippen LogP contribution in [0.5, 0.6) is 0 Å². The molecular weight excluding hydrogens is 360 g/mol. The van der Waals surface area contributed by atoms with E-state index in [2.05, 4.69) is 10.0 Å². The van der Waals surface area contributed by atoms with Crippen LogP contribution < -0.4 is 10.0 Å². The number of hydrogen-bond donors (Lipinski definition) is 2. The van der Waals surface area contributed by atoms with Crippen molar-refractivity contribution >= 4 is 15.9 Å². The molecule has 1 atom stereocenters. The average molecular weight is 387 g/mol. The van der Waals surface area contributed by atoms with E-state index in [9.17, 15) is 13.2 Å². The van der Waals surface area contributed by atoms with Crippen LogP contribution >= 0.6 is 0 Å². The van der Waals surface area contributed by atoms with E-state index < -0.39 is 10.0 Å². The lowest BCUT2D eigenvalue weighted by Crippen LogP contribution is -2.50. The predicted molar refractivity (Wildman–Crippen MR) is 106 cm³/mol. The summed E-state index contributed by atoms with van der Waals surface area (Å²) >= 11 is 0. The second-order valence-corrected chi connectivity index (χ2v) is 8.92. The Bertz CT molecular complexity index is 889. The second-order valence-electron chi connectivity index (χ2n) is 7.21. The molecule has 0 saturated heterocycles. The summed E-state index contributed by atoms with van der Waals surface area (Å²) in [7, 11) is -3.57. The molecule has 0 spiro atoms. The Morgan fingerprint density at radius 2 is 1.70 bits per heavy atom. The maximum absolute atomic E-state index is 12.7. The summed E-state index contributed by atoms with van der Waals surface area (Å²) < 4.78 is 27.3. The molecule has 1 aliphatic rings. The van der Waals surface area contributed by atoms with Crippen LogP contribution in [0.4, 0.5) is 0 Å². The zero-order valence-electron chi connectivity index (χ0n) is 15.7. The van der Waals surface area contributed by atoms with Crippen LogP contribution in [0.25, 0.3) is 0 Å². The van der Waals surface area contributed by atoms with Gasteiger partial charge in [0.25, 0.3) is 5.91 Å². The third-order valence-electron chi connectivity index (χ3n) is 5.28. The average Bonchev–Trinajstić information content (AvgIpc) is 2.65. The minimum atomic E-state index is -3.57. The lowest BCUT2D eigenvalue weighted by molar-refractivity contribution is 0.0823. The zero-order chi connectivity index (χ0) is 19.5. The van der Waals surface area contributed by atoms with Crippen molar-refractivity contribution in [3.05, 3.63) is 65.7 Å². The SMILES string of the molecule is CCC(C)NS(=O)(=O)c1ccc(C(=O)NC2(c3ccccc3)CCC2)cc1. The molecule has 2 N–H and O–H groups in total. The highest BCUT2D eigenvalue weighted by molar-refractivity contribution is 7.89. The molecule has 6 heteroatoms. The van der Waals surface area contributed by atoms with Gasteiger partial charge in [0, 0.05) is 11.6 Å². The number of carbonyl (C=O) groups is 1. The maximum Gasteiger partial charge on any atom is 0.251 e. The molecule has 1 amide bonds. The highest BCUT2D eigenvalue weighted by Crippen LogP contribution is 2.41. The van der Waals surface area contributed by atoms with Gasteiger partial charge in [-0.15, -0.1) is 0 Å². The summed E-state index contributed by atoms with van der Waals surface area (Å²) in [6, 6.07) is 16.0. The summed E-state index contributed by atoms with van der Waals surface area (Å²) in [6.45, 7) is 3.74. The van der Waals surface area contributed by atoms with E-state index in [1.54, 1.807) is 12.1 Å². The molecule has 0 bridgehead atoms. The van der Waals surface area contributed by atoms with Gasteiger partial charge >= 0.3 is 0 Å². The summed E-state index contributed by atoms with van der Waals surface area (Å²) in [6.07, 6.45) is 3.61. The quantitative estimate of drug-likeness (QED) is 0.764. The highest BCUT2D eigenvalue weighted by atomic mass is 32.2. The van der Waals surface area contributed by atoms with Gasteiger partial charge in [0.15, 0.2) is 0 Å². The smallest absolute Gasteiger partial charge is 0.251 e. The molecule has 1 aliphatic carbocycles. The van der Waals surface area contributed by atoms with E-state index in [1.807, 2.05) is 44.2 Å². The van der Waals surface area contributed by atoms with E-state index in [0.717, 1.165) is 24.8 Å². The predicted octanol–water partition coefficient (Wildman–Crippen LogP) is 3.57. The second kappa shape index (κ2) is 7.82. The Labute approximate surface area is 161 Å². The molecule has 2 aromatic rings. The van der Waals surface area contributed by atoms with Gasteiger partial charge in [-0.2, -0.15) is 0 Å². The van der Waals surface area contributed by atoms with Crippen LogP contribution in [0.3, 0.4) is 0 Å². The summed E-state index contributed by atoms with van der Waals surface area (Å²) in [5.41, 5.74) is 1.25. The van der Waals surface area contributed by atoms with Crippen molar-refractivity contribution in [2.24, 2.45) is 0 Å². The third kappa shape index (κ3) is 4.22. The van der Waals surface area contributed by atoms with Gasteiger partial charge in [-0.3, -0.25) is 4.79 Å². The van der Waals surface area contributed by atoms with Gasteiger partial charge in [-0.05, 0) is 62.4 Å². The molecule has 1 unspecified atom stereocenters. The fraction of sp³-hybridized carbons (Fsp3) is 0.381. The normalized spacial score (nSPS) is 17.0. The first-order chi connectivity index (χ1) is 12.9. The summed E-state index contributed by atoms with van der Waals surface area (Å²) in [5, 5.41) is 3.16. The van der Waals surface area contributed by atoms with E-state index >= 15 is 0 Å². The van der Waals surface area contributed by atoms with Gasteiger partial charge < -0.3 is 5.32 Å². The van der Waals surface area contributed by atoms with Gasteiger partial charge in [-0.1, -0.05) is 37.3 Å². The molecule has 1 fully saturated rings. The number of benzene rings is 2. The third-order valence-corrected chi connectivity index (χ3v) is 6.89. The first-order valence-electron chi connectivity index (χ1n) is 9.37. The van der Waals surface area contributed by atoms with E-state index in [4.69, 9.17) is 0 Å². The van der Waals surface area contributed by atoms with Gasteiger partial charge in [-0.25, -0.2) is 13.1 Å². The Kier molecular flexibility index (Phi) is 5.67. The molecule has 144 valence electrons. The van der Waals surface area contributed by atoms with Crippen molar-refractivity contribution in [2.45, 2.75) is 56.0 Å². The molecule has 0 radical (unpaired) electrons. The first-order valence-corrected chi connectivity index (χ1v) is 10.8. The van der Waals surface area contributed by atoms with Crippen molar-refractivity contribution < 1.29 is 13.2 Å². The van der Waals surface area contributed by atoms with Crippen molar-refractivity contribution in [1.82, 2.24) is 10.0 Å². The molecule has 0 aromatic heterocycles. The minimum Gasteiger partial charge on any atom is -0.343 e. The first kappa shape index (κ1) is 19.6. The Morgan fingerprint density at radius 1 is 1.07 bits per heavy atom. The highest BCUT2D eigenvalue weighted by Gasteiger charge is 2.40. The van der Waals surface area contributed by atoms with E-state index in [1.165, 1.54) is 12.1 Å². The van der Waals surface area contributed by atoms with Gasteiger partial charge in [0.05, 0.1) is 10.4 Å². The molecule has 27 heavy (non-hydrogen) atoms. The van der Waals surface area contributed by atoms with Crippen LogP contribution in [-0.4, -0.2) is 20.4 Å². The van der Waals surface area contributed by atoms with Crippen LogP contribution in [0.1, 0.15) is 55.5 Å². The zero-order valence-corrected chi connectivity index (χ0v) is 16.6. The van der Waals surface area contributed by atoms with Crippen LogP contribution in [-0.2, 0) is 15.6 Å². The molecule has 3 rings (SSSR count). The lowest BCUT2D eigenvalue weighted by Gasteiger charge is -2.43. The van der Waals surface area contributed by atoms with E-state index in [-0.39, 0.29) is 22.4 Å². The fourth-order valence-electron chi connectivity index (χ4n) is 3.26. The van der Waals surface area contributed by atoms with Gasteiger partial charge in [0.1, 0.15) is 0 Å². The van der Waals surface area contributed by atoms with Crippen molar-refractivity contribution in [3.8, 4) is 0 Å². The Morgan fingerprint density at radius 3 is 2.22 bits per heavy atom. The summed E-state index contributed by atoms with van der Waals surface area (Å²) in [5.74, 6) is -0.183. The molecular formula is C21H26N2O3S. The topological polar surface area (TPSA) is 75.3 Å².